The van der Waals surface area contributed by atoms with E-state index in [0.29, 0.717) is 11.3 Å². The van der Waals surface area contributed by atoms with Crippen LogP contribution in [-0.4, -0.2) is 9.55 Å². The standard InChI is InChI=1S/C17H13N3OS/c1-20-13-8-4-3-7-12(13)16(21)19-17(20)18-15-10-11-6-2-5-9-14(11)22-15/h2-10H,1H3,(H,18,19,21). The first-order chi connectivity index (χ1) is 10.7. The van der Waals surface area contributed by atoms with E-state index in [4.69, 9.17) is 0 Å². The van der Waals surface area contributed by atoms with Crippen molar-refractivity contribution in [3.05, 3.63) is 65.0 Å². The zero-order valence-electron chi connectivity index (χ0n) is 11.9. The third-order valence-corrected chi connectivity index (χ3v) is 4.71. The van der Waals surface area contributed by atoms with Crippen LogP contribution in [-0.2, 0) is 7.05 Å². The van der Waals surface area contributed by atoms with Crippen LogP contribution in [0.5, 0.6) is 0 Å². The number of aryl methyl sites for hydroxylation is 1. The van der Waals surface area contributed by atoms with Crippen LogP contribution in [0.2, 0.25) is 0 Å². The summed E-state index contributed by atoms with van der Waals surface area (Å²) < 4.78 is 3.11. The topological polar surface area (TPSA) is 46.9 Å². The van der Waals surface area contributed by atoms with E-state index < -0.39 is 0 Å². The van der Waals surface area contributed by atoms with Gasteiger partial charge in [0.2, 0.25) is 5.95 Å². The minimum Gasteiger partial charge on any atom is -0.317 e. The van der Waals surface area contributed by atoms with Gasteiger partial charge in [0, 0.05) is 11.7 Å². The maximum absolute atomic E-state index is 12.2. The highest BCUT2D eigenvalue weighted by molar-refractivity contribution is 7.22. The predicted octanol–water partition coefficient (Wildman–Crippen LogP) is 3.89. The number of aromatic nitrogens is 2. The number of hydrogen-bond donors (Lipinski definition) is 1. The molecule has 0 bridgehead atoms. The lowest BCUT2D eigenvalue weighted by atomic mass is 10.2. The van der Waals surface area contributed by atoms with E-state index in [1.807, 2.05) is 41.9 Å². The number of nitrogens with one attached hydrogen (secondary N) is 1. The van der Waals surface area contributed by atoms with Crippen molar-refractivity contribution in [3.8, 4) is 0 Å². The molecule has 0 spiro atoms. The highest BCUT2D eigenvalue weighted by atomic mass is 32.1. The summed E-state index contributed by atoms with van der Waals surface area (Å²) in [5, 5.41) is 6.05. The molecule has 0 saturated carbocycles. The van der Waals surface area contributed by atoms with Crippen LogP contribution >= 0.6 is 11.3 Å². The highest BCUT2D eigenvalue weighted by Gasteiger charge is 2.09. The van der Waals surface area contributed by atoms with Crippen LogP contribution in [0.25, 0.3) is 21.0 Å². The van der Waals surface area contributed by atoms with Crippen LogP contribution in [0, 0.1) is 0 Å². The van der Waals surface area contributed by atoms with Crippen molar-refractivity contribution in [1.82, 2.24) is 9.55 Å². The third kappa shape index (κ3) is 2.07. The van der Waals surface area contributed by atoms with Crippen molar-refractivity contribution in [1.29, 1.82) is 0 Å². The Balaban J connectivity index is 1.84. The summed E-state index contributed by atoms with van der Waals surface area (Å²) in [5.41, 5.74) is 0.656. The van der Waals surface area contributed by atoms with E-state index >= 15 is 0 Å². The number of fused-ring (bicyclic) bond motifs is 2. The Morgan fingerprint density at radius 3 is 2.73 bits per heavy atom. The van der Waals surface area contributed by atoms with Gasteiger partial charge < -0.3 is 9.88 Å². The van der Waals surface area contributed by atoms with E-state index in [1.165, 1.54) is 10.1 Å². The van der Waals surface area contributed by atoms with Gasteiger partial charge in [-0.1, -0.05) is 30.3 Å². The Morgan fingerprint density at radius 2 is 1.86 bits per heavy atom. The van der Waals surface area contributed by atoms with Crippen LogP contribution in [0.4, 0.5) is 10.9 Å². The Hall–Kier alpha value is -2.66. The molecule has 0 fully saturated rings. The fraction of sp³-hybridized carbons (Fsp3) is 0.0588. The number of rotatable bonds is 2. The fourth-order valence-electron chi connectivity index (χ4n) is 2.56. The van der Waals surface area contributed by atoms with Crippen molar-refractivity contribution in [3.63, 3.8) is 0 Å². The van der Waals surface area contributed by atoms with Gasteiger partial charge >= 0.3 is 0 Å². The first-order valence-electron chi connectivity index (χ1n) is 6.94. The molecule has 0 unspecified atom stereocenters. The lowest BCUT2D eigenvalue weighted by Gasteiger charge is -2.11. The van der Waals surface area contributed by atoms with E-state index in [9.17, 15) is 4.79 Å². The summed E-state index contributed by atoms with van der Waals surface area (Å²) in [5.74, 6) is 0.551. The van der Waals surface area contributed by atoms with Gasteiger partial charge in [0.15, 0.2) is 0 Å². The second-order valence-corrected chi connectivity index (χ2v) is 6.17. The van der Waals surface area contributed by atoms with Gasteiger partial charge in [0.1, 0.15) is 0 Å². The average Bonchev–Trinajstić information content (AvgIpc) is 2.95. The van der Waals surface area contributed by atoms with Gasteiger partial charge in [-0.05, 0) is 29.7 Å². The van der Waals surface area contributed by atoms with Crippen molar-refractivity contribution in [2.24, 2.45) is 7.05 Å². The summed E-state index contributed by atoms with van der Waals surface area (Å²) >= 11 is 1.65. The zero-order valence-corrected chi connectivity index (χ0v) is 12.7. The Kier molecular flexibility index (Phi) is 2.94. The largest absolute Gasteiger partial charge is 0.317 e. The van der Waals surface area contributed by atoms with Gasteiger partial charge in [-0.15, -0.1) is 11.3 Å². The summed E-state index contributed by atoms with van der Waals surface area (Å²) in [6, 6.07) is 17.8. The maximum Gasteiger partial charge on any atom is 0.282 e. The predicted molar refractivity (Wildman–Crippen MR) is 92.1 cm³/mol. The number of nitrogens with zero attached hydrogens (tertiary/aromatic N) is 2. The second-order valence-electron chi connectivity index (χ2n) is 5.09. The minimum absolute atomic E-state index is 0.211. The van der Waals surface area contributed by atoms with Crippen LogP contribution in [0.15, 0.2) is 59.4 Å². The molecule has 0 aliphatic rings. The quantitative estimate of drug-likeness (QED) is 0.611. The molecule has 2 aromatic heterocycles. The summed E-state index contributed by atoms with van der Waals surface area (Å²) in [6.45, 7) is 0. The summed E-state index contributed by atoms with van der Waals surface area (Å²) in [7, 11) is 1.91. The SMILES string of the molecule is Cn1c(Nc2cc3ccccc3s2)nc(=O)c2ccccc21. The summed E-state index contributed by atoms with van der Waals surface area (Å²) in [4.78, 5) is 16.3. The molecular weight excluding hydrogens is 294 g/mol. The maximum atomic E-state index is 12.2. The lowest BCUT2D eigenvalue weighted by molar-refractivity contribution is 0.916. The Morgan fingerprint density at radius 1 is 1.09 bits per heavy atom. The van der Waals surface area contributed by atoms with Gasteiger partial charge in [0.05, 0.1) is 15.9 Å². The molecule has 2 aromatic carbocycles. The van der Waals surface area contributed by atoms with Gasteiger partial charge in [-0.3, -0.25) is 4.79 Å². The molecule has 0 amide bonds. The fourth-order valence-corrected chi connectivity index (χ4v) is 3.51. The molecule has 4 rings (SSSR count). The first kappa shape index (κ1) is 13.0. The molecule has 0 aliphatic carbocycles. The van der Waals surface area contributed by atoms with Crippen molar-refractivity contribution >= 4 is 43.3 Å². The van der Waals surface area contributed by atoms with Crippen molar-refractivity contribution in [2.45, 2.75) is 0 Å². The Labute approximate surface area is 130 Å². The lowest BCUT2D eigenvalue weighted by Crippen LogP contribution is -2.15. The molecule has 4 aromatic rings. The number of anilines is 2. The average molecular weight is 307 g/mol. The van der Waals surface area contributed by atoms with E-state index in [2.05, 4.69) is 28.5 Å². The van der Waals surface area contributed by atoms with E-state index in [1.54, 1.807) is 17.4 Å². The Bertz CT molecular complexity index is 1020. The second kappa shape index (κ2) is 4.96. The molecule has 108 valence electrons. The zero-order chi connectivity index (χ0) is 15.1. The van der Waals surface area contributed by atoms with E-state index in [-0.39, 0.29) is 5.56 Å². The molecule has 22 heavy (non-hydrogen) atoms. The molecule has 0 aliphatic heterocycles. The van der Waals surface area contributed by atoms with Crippen molar-refractivity contribution in [2.75, 3.05) is 5.32 Å². The van der Waals surface area contributed by atoms with Crippen LogP contribution < -0.4 is 10.9 Å². The van der Waals surface area contributed by atoms with Crippen LogP contribution in [0.1, 0.15) is 0 Å². The van der Waals surface area contributed by atoms with Crippen LogP contribution in [0.3, 0.4) is 0 Å². The van der Waals surface area contributed by atoms with Gasteiger partial charge in [0.25, 0.3) is 5.56 Å². The molecule has 2 heterocycles. The molecule has 1 N–H and O–H groups in total. The normalized spacial score (nSPS) is 11.1. The minimum atomic E-state index is -0.211. The first-order valence-corrected chi connectivity index (χ1v) is 7.75. The molecule has 0 saturated heterocycles. The smallest absolute Gasteiger partial charge is 0.282 e. The number of thiophene rings is 1. The van der Waals surface area contributed by atoms with E-state index in [0.717, 1.165) is 10.5 Å². The highest BCUT2D eigenvalue weighted by Crippen LogP contribution is 2.31. The monoisotopic (exact) mass is 307 g/mol. The molecule has 4 nitrogen and oxygen atoms in total. The summed E-state index contributed by atoms with van der Waals surface area (Å²) in [6.07, 6.45) is 0. The molecule has 5 heteroatoms. The number of para-hydroxylation sites is 1. The van der Waals surface area contributed by atoms with Crippen molar-refractivity contribution < 1.29 is 0 Å². The number of hydrogen-bond acceptors (Lipinski definition) is 4. The van der Waals surface area contributed by atoms with Gasteiger partial charge in [-0.2, -0.15) is 4.98 Å². The molecule has 0 atom stereocenters. The van der Waals surface area contributed by atoms with Gasteiger partial charge in [-0.25, -0.2) is 0 Å². The molecular formula is C17H13N3OS. The number of benzene rings is 2. The molecule has 0 radical (unpaired) electrons. The third-order valence-electron chi connectivity index (χ3n) is 3.68.